The molecule has 8 heteroatoms. The maximum Gasteiger partial charge on any atom is 0.272 e. The lowest BCUT2D eigenvalue weighted by molar-refractivity contribution is 0.0312. The molecule has 0 unspecified atom stereocenters. The molecule has 0 spiro atoms. The summed E-state index contributed by atoms with van der Waals surface area (Å²) in [6.45, 7) is 8.21. The molecule has 0 aliphatic carbocycles. The maximum absolute atomic E-state index is 13.4. The Kier molecular flexibility index (Phi) is 8.24. The van der Waals surface area contributed by atoms with Crippen LogP contribution in [0.25, 0.3) is 0 Å². The second kappa shape index (κ2) is 11.1. The predicted octanol–water partition coefficient (Wildman–Crippen LogP) is 2.48. The van der Waals surface area contributed by atoms with Crippen molar-refractivity contribution in [3.63, 3.8) is 0 Å². The molecule has 8 nitrogen and oxygen atoms in total. The highest BCUT2D eigenvalue weighted by Gasteiger charge is 2.34. The number of carbonyl (C=O) groups is 2. The standard InChI is InChI=1S/C26H32N4O4/c1-17(2)9-10-20-12-21-24(28-13-20)34-23(18(3)14-30(25(21)32)19(4)16-31)15-29(5)26(33)22-8-6-7-11-27-22/h6-8,11-13,17-19,23,31H,14-16H2,1-5H3/t18-,19+,23+/m0/s1. The molecule has 0 saturated carbocycles. The Morgan fingerprint density at radius 1 is 1.32 bits per heavy atom. The van der Waals surface area contributed by atoms with E-state index in [0.29, 0.717) is 23.4 Å². The van der Waals surface area contributed by atoms with E-state index in [-0.39, 0.29) is 48.7 Å². The summed E-state index contributed by atoms with van der Waals surface area (Å²) in [6, 6.07) is 6.49. The zero-order valence-electron chi connectivity index (χ0n) is 20.4. The van der Waals surface area contributed by atoms with E-state index in [0.717, 1.165) is 0 Å². The lowest BCUT2D eigenvalue weighted by atomic mass is 9.99. The minimum Gasteiger partial charge on any atom is -0.472 e. The fourth-order valence-electron chi connectivity index (χ4n) is 3.65. The van der Waals surface area contributed by atoms with Gasteiger partial charge in [0.15, 0.2) is 0 Å². The van der Waals surface area contributed by atoms with E-state index < -0.39 is 6.10 Å². The molecular formula is C26H32N4O4. The van der Waals surface area contributed by atoms with Crippen molar-refractivity contribution in [3.8, 4) is 17.7 Å². The molecule has 0 aromatic carbocycles. The normalized spacial score (nSPS) is 18.7. The Balaban J connectivity index is 1.95. The highest BCUT2D eigenvalue weighted by molar-refractivity contribution is 5.97. The van der Waals surface area contributed by atoms with E-state index in [1.54, 1.807) is 60.4 Å². The SMILES string of the molecule is CC(C)C#Cc1cnc2c(c1)C(=O)N([C@H](C)CO)C[C@H](C)[C@@H](CN(C)C(=O)c1ccccn1)O2. The third-order valence-electron chi connectivity index (χ3n) is 5.71. The summed E-state index contributed by atoms with van der Waals surface area (Å²) >= 11 is 0. The van der Waals surface area contributed by atoms with Crippen LogP contribution in [0.15, 0.2) is 36.7 Å². The largest absolute Gasteiger partial charge is 0.472 e. The van der Waals surface area contributed by atoms with Crippen molar-refractivity contribution in [2.45, 2.75) is 39.8 Å². The first-order chi connectivity index (χ1) is 16.2. The molecule has 2 aromatic rings. The number of aliphatic hydroxyl groups excluding tert-OH is 1. The van der Waals surface area contributed by atoms with Crippen LogP contribution in [0.4, 0.5) is 0 Å². The molecule has 34 heavy (non-hydrogen) atoms. The van der Waals surface area contributed by atoms with Gasteiger partial charge in [-0.3, -0.25) is 14.6 Å². The van der Waals surface area contributed by atoms with Gasteiger partial charge in [-0.1, -0.05) is 38.7 Å². The van der Waals surface area contributed by atoms with Crippen molar-refractivity contribution in [1.29, 1.82) is 0 Å². The molecule has 3 rings (SSSR count). The number of hydrogen-bond donors (Lipinski definition) is 1. The first-order valence-corrected chi connectivity index (χ1v) is 11.5. The smallest absolute Gasteiger partial charge is 0.272 e. The van der Waals surface area contributed by atoms with Gasteiger partial charge in [0.2, 0.25) is 5.88 Å². The van der Waals surface area contributed by atoms with Crippen LogP contribution in [0.3, 0.4) is 0 Å². The van der Waals surface area contributed by atoms with Crippen molar-refractivity contribution in [3.05, 3.63) is 53.5 Å². The molecule has 0 bridgehead atoms. The molecule has 1 N–H and O–H groups in total. The van der Waals surface area contributed by atoms with Crippen molar-refractivity contribution in [2.24, 2.45) is 11.8 Å². The number of nitrogens with zero attached hydrogens (tertiary/aromatic N) is 4. The monoisotopic (exact) mass is 464 g/mol. The van der Waals surface area contributed by atoms with Gasteiger partial charge in [0.1, 0.15) is 17.4 Å². The number of aliphatic hydroxyl groups is 1. The first kappa shape index (κ1) is 25.2. The molecule has 180 valence electrons. The molecule has 0 fully saturated rings. The Morgan fingerprint density at radius 3 is 2.74 bits per heavy atom. The highest BCUT2D eigenvalue weighted by Crippen LogP contribution is 2.27. The van der Waals surface area contributed by atoms with Gasteiger partial charge >= 0.3 is 0 Å². The predicted molar refractivity (Wildman–Crippen MR) is 128 cm³/mol. The number of amides is 2. The van der Waals surface area contributed by atoms with Gasteiger partial charge in [0.25, 0.3) is 11.8 Å². The summed E-state index contributed by atoms with van der Waals surface area (Å²) < 4.78 is 6.24. The lowest BCUT2D eigenvalue weighted by Gasteiger charge is -2.37. The van der Waals surface area contributed by atoms with Gasteiger partial charge < -0.3 is 19.6 Å². The molecule has 0 saturated heterocycles. The van der Waals surface area contributed by atoms with E-state index in [4.69, 9.17) is 4.74 Å². The molecular weight excluding hydrogens is 432 g/mol. The number of carbonyl (C=O) groups excluding carboxylic acids is 2. The summed E-state index contributed by atoms with van der Waals surface area (Å²) in [5.41, 5.74) is 1.26. The zero-order valence-corrected chi connectivity index (χ0v) is 20.4. The minimum absolute atomic E-state index is 0.132. The number of ether oxygens (including phenoxy) is 1. The van der Waals surface area contributed by atoms with Gasteiger partial charge in [0.05, 0.1) is 19.2 Å². The maximum atomic E-state index is 13.4. The Morgan fingerprint density at radius 2 is 2.09 bits per heavy atom. The number of rotatable bonds is 5. The van der Waals surface area contributed by atoms with Gasteiger partial charge in [0, 0.05) is 43.4 Å². The molecule has 1 aliphatic heterocycles. The molecule has 0 radical (unpaired) electrons. The Labute approximate surface area is 201 Å². The average molecular weight is 465 g/mol. The van der Waals surface area contributed by atoms with Crippen molar-refractivity contribution in [1.82, 2.24) is 19.8 Å². The van der Waals surface area contributed by atoms with E-state index in [9.17, 15) is 14.7 Å². The first-order valence-electron chi connectivity index (χ1n) is 11.5. The highest BCUT2D eigenvalue weighted by atomic mass is 16.5. The van der Waals surface area contributed by atoms with Crippen LogP contribution in [-0.2, 0) is 0 Å². The second-order valence-electron chi connectivity index (χ2n) is 9.02. The summed E-state index contributed by atoms with van der Waals surface area (Å²) in [5.74, 6) is 5.89. The molecule has 3 atom stereocenters. The fourth-order valence-corrected chi connectivity index (χ4v) is 3.65. The zero-order chi connectivity index (χ0) is 24.8. The quantitative estimate of drug-likeness (QED) is 0.683. The van der Waals surface area contributed by atoms with Crippen molar-refractivity contribution >= 4 is 11.8 Å². The van der Waals surface area contributed by atoms with Crippen LogP contribution >= 0.6 is 0 Å². The van der Waals surface area contributed by atoms with Crippen LogP contribution in [0.5, 0.6) is 5.88 Å². The lowest BCUT2D eigenvalue weighted by Crippen LogP contribution is -2.50. The summed E-state index contributed by atoms with van der Waals surface area (Å²) in [5, 5.41) is 9.79. The van der Waals surface area contributed by atoms with E-state index in [1.807, 2.05) is 20.8 Å². The Bertz CT molecular complexity index is 1080. The molecule has 2 amide bonds. The number of fused-ring (bicyclic) bond motifs is 1. The number of likely N-dealkylation sites (N-methyl/N-ethyl adjacent to an activating group) is 1. The van der Waals surface area contributed by atoms with E-state index in [1.165, 1.54) is 0 Å². The number of aromatic nitrogens is 2. The van der Waals surface area contributed by atoms with Gasteiger partial charge in [-0.2, -0.15) is 0 Å². The van der Waals surface area contributed by atoms with Gasteiger partial charge in [-0.15, -0.1) is 0 Å². The third-order valence-corrected chi connectivity index (χ3v) is 5.71. The summed E-state index contributed by atoms with van der Waals surface area (Å²) in [7, 11) is 1.70. The van der Waals surface area contributed by atoms with Gasteiger partial charge in [-0.05, 0) is 25.1 Å². The fraction of sp³-hybridized carbons (Fsp3) is 0.462. The summed E-state index contributed by atoms with van der Waals surface area (Å²) in [6.07, 6.45) is 2.74. The van der Waals surface area contributed by atoms with Crippen LogP contribution in [0.2, 0.25) is 0 Å². The van der Waals surface area contributed by atoms with Crippen molar-refractivity contribution in [2.75, 3.05) is 26.7 Å². The van der Waals surface area contributed by atoms with Crippen molar-refractivity contribution < 1.29 is 19.4 Å². The third kappa shape index (κ3) is 5.91. The average Bonchev–Trinajstić information content (AvgIpc) is 2.84. The molecule has 1 aliphatic rings. The van der Waals surface area contributed by atoms with E-state index in [2.05, 4.69) is 21.8 Å². The van der Waals surface area contributed by atoms with Crippen LogP contribution in [-0.4, -0.2) is 75.6 Å². The molecule has 2 aromatic heterocycles. The topological polar surface area (TPSA) is 95.9 Å². The second-order valence-corrected chi connectivity index (χ2v) is 9.02. The van der Waals surface area contributed by atoms with Crippen LogP contribution in [0.1, 0.15) is 54.1 Å². The van der Waals surface area contributed by atoms with Crippen LogP contribution < -0.4 is 4.74 Å². The minimum atomic E-state index is -0.432. The summed E-state index contributed by atoms with van der Waals surface area (Å²) in [4.78, 5) is 38.0. The number of hydrogen-bond acceptors (Lipinski definition) is 6. The van der Waals surface area contributed by atoms with Gasteiger partial charge in [-0.25, -0.2) is 4.98 Å². The van der Waals surface area contributed by atoms with Crippen LogP contribution in [0, 0.1) is 23.7 Å². The Hall–Kier alpha value is -3.44. The number of pyridine rings is 2. The molecule has 3 heterocycles. The van der Waals surface area contributed by atoms with E-state index >= 15 is 0 Å².